The molecule has 38 heavy (non-hydrogen) atoms. The molecule has 0 aliphatic rings. The molecular weight excluding hydrogens is 527 g/mol. The lowest BCUT2D eigenvalue weighted by atomic mass is 9.83. The fourth-order valence-electron chi connectivity index (χ4n) is 4.62. The number of hydrogen-bond acceptors (Lipinski definition) is 5. The van der Waals surface area contributed by atoms with Gasteiger partial charge in [-0.05, 0) is 80.8 Å². The molecule has 0 fully saturated rings. The van der Waals surface area contributed by atoms with Crippen molar-refractivity contribution in [2.24, 2.45) is 17.8 Å². The molecule has 7 nitrogen and oxygen atoms in total. The third-order valence-corrected chi connectivity index (χ3v) is 7.00. The first kappa shape index (κ1) is 29.5. The second kappa shape index (κ2) is 13.2. The lowest BCUT2D eigenvalue weighted by molar-refractivity contribution is -0.143. The first-order chi connectivity index (χ1) is 18.0. The number of nitrogens with zero attached hydrogens (tertiary/aromatic N) is 1. The molecule has 0 aliphatic heterocycles. The monoisotopic (exact) mass is 560 g/mol. The number of benzene rings is 2. The lowest BCUT2D eigenvalue weighted by Crippen LogP contribution is -2.22. The van der Waals surface area contributed by atoms with Gasteiger partial charge in [0.15, 0.2) is 11.5 Å². The van der Waals surface area contributed by atoms with Crippen LogP contribution in [0.1, 0.15) is 63.5 Å². The van der Waals surface area contributed by atoms with Gasteiger partial charge in [-0.15, -0.1) is 0 Å². The normalized spacial score (nSPS) is 13.7. The number of carbonyl (C=O) groups is 2. The van der Waals surface area contributed by atoms with Crippen molar-refractivity contribution < 1.29 is 24.0 Å². The van der Waals surface area contributed by atoms with E-state index in [1.54, 1.807) is 18.2 Å². The Kier molecular flexibility index (Phi) is 10.2. The molecule has 0 radical (unpaired) electrons. The zero-order valence-corrected chi connectivity index (χ0v) is 23.8. The van der Waals surface area contributed by atoms with Crippen LogP contribution in [0.25, 0.3) is 11.3 Å². The van der Waals surface area contributed by atoms with E-state index in [2.05, 4.69) is 17.4 Å². The summed E-state index contributed by atoms with van der Waals surface area (Å²) in [5.41, 5.74) is 2.27. The quantitative estimate of drug-likeness (QED) is 0.232. The van der Waals surface area contributed by atoms with Crippen LogP contribution in [0.5, 0.6) is 5.75 Å². The van der Waals surface area contributed by atoms with Gasteiger partial charge in [0.2, 0.25) is 0 Å². The Morgan fingerprint density at radius 1 is 1.05 bits per heavy atom. The van der Waals surface area contributed by atoms with Crippen LogP contribution in [-0.4, -0.2) is 28.2 Å². The first-order valence-electron chi connectivity index (χ1n) is 12.7. The predicted octanol–water partition coefficient (Wildman–Crippen LogP) is 8.00. The molecule has 2 aromatic carbocycles. The van der Waals surface area contributed by atoms with Gasteiger partial charge >= 0.3 is 5.97 Å². The second-order valence-corrected chi connectivity index (χ2v) is 10.8. The summed E-state index contributed by atoms with van der Waals surface area (Å²) in [4.78, 5) is 24.2. The Morgan fingerprint density at radius 2 is 1.79 bits per heavy atom. The van der Waals surface area contributed by atoms with Gasteiger partial charge in [-0.3, -0.25) is 9.59 Å². The molecule has 9 heteroatoms. The summed E-state index contributed by atoms with van der Waals surface area (Å²) in [5.74, 6) is -0.232. The maximum absolute atomic E-state index is 12.7. The highest BCUT2D eigenvalue weighted by Crippen LogP contribution is 2.32. The molecule has 1 heterocycles. The van der Waals surface area contributed by atoms with Gasteiger partial charge < -0.3 is 19.7 Å². The number of carboxylic acids is 1. The molecule has 3 rings (SSSR count). The largest absolute Gasteiger partial charge is 0.489 e. The minimum atomic E-state index is -0.738. The van der Waals surface area contributed by atoms with E-state index in [-0.39, 0.29) is 23.6 Å². The van der Waals surface area contributed by atoms with E-state index in [0.29, 0.717) is 45.1 Å². The zero-order valence-electron chi connectivity index (χ0n) is 22.3. The number of carbonyl (C=O) groups excluding carboxylic acids is 1. The molecule has 3 atom stereocenters. The van der Waals surface area contributed by atoms with Crippen molar-refractivity contribution in [3.05, 3.63) is 63.8 Å². The molecule has 3 unspecified atom stereocenters. The van der Waals surface area contributed by atoms with Crippen LogP contribution < -0.4 is 10.1 Å². The van der Waals surface area contributed by atoms with Crippen molar-refractivity contribution in [3.8, 4) is 17.1 Å². The minimum Gasteiger partial charge on any atom is -0.489 e. The molecule has 3 aromatic rings. The summed E-state index contributed by atoms with van der Waals surface area (Å²) in [5, 5.41) is 16.9. The fraction of sp³-hybridized carbons (Fsp3) is 0.414. The average Bonchev–Trinajstić information content (AvgIpc) is 3.31. The SMILES string of the molecule is CCC(C(=O)O)C(C)CC(C)Cc1ccc(-c2cc(C(=O)Nc3ccc(OC(C)C)c(Cl)c3)no2)c(Cl)c1. The molecule has 0 spiro atoms. The molecule has 0 saturated carbocycles. The summed E-state index contributed by atoms with van der Waals surface area (Å²) in [6.45, 7) is 9.83. The summed E-state index contributed by atoms with van der Waals surface area (Å²) in [7, 11) is 0. The summed E-state index contributed by atoms with van der Waals surface area (Å²) in [6.07, 6.45) is 2.18. The Hall–Kier alpha value is -3.03. The average molecular weight is 562 g/mol. The molecule has 1 amide bonds. The van der Waals surface area contributed by atoms with E-state index in [0.717, 1.165) is 18.4 Å². The van der Waals surface area contributed by atoms with E-state index in [1.165, 1.54) is 6.07 Å². The topological polar surface area (TPSA) is 102 Å². The van der Waals surface area contributed by atoms with Gasteiger partial charge in [-0.1, -0.05) is 55.2 Å². The first-order valence-corrected chi connectivity index (χ1v) is 13.5. The van der Waals surface area contributed by atoms with E-state index in [1.807, 2.05) is 45.9 Å². The Bertz CT molecular complexity index is 1270. The van der Waals surface area contributed by atoms with Crippen molar-refractivity contribution in [2.75, 3.05) is 5.32 Å². The van der Waals surface area contributed by atoms with Gasteiger partial charge in [-0.25, -0.2) is 0 Å². The second-order valence-electron chi connectivity index (χ2n) is 10.0. The predicted molar refractivity (Wildman–Crippen MR) is 150 cm³/mol. The smallest absolute Gasteiger partial charge is 0.306 e. The number of anilines is 1. The number of carboxylic acid groups (broad SMARTS) is 1. The highest BCUT2D eigenvalue weighted by molar-refractivity contribution is 6.33. The van der Waals surface area contributed by atoms with Crippen molar-refractivity contribution in [2.45, 2.75) is 60.0 Å². The van der Waals surface area contributed by atoms with Crippen LogP contribution in [0.4, 0.5) is 5.69 Å². The van der Waals surface area contributed by atoms with Crippen molar-refractivity contribution in [1.82, 2.24) is 5.16 Å². The van der Waals surface area contributed by atoms with Gasteiger partial charge in [-0.2, -0.15) is 0 Å². The fourth-order valence-corrected chi connectivity index (χ4v) is 5.14. The molecule has 0 bridgehead atoms. The van der Waals surface area contributed by atoms with Gasteiger partial charge in [0.05, 0.1) is 22.1 Å². The van der Waals surface area contributed by atoms with E-state index < -0.39 is 11.9 Å². The standard InChI is InChI=1S/C29H34Cl2N2O5/c1-6-21(29(35)36)18(5)11-17(4)12-19-7-9-22(23(30)13-19)27-15-25(33-38-27)28(34)32-20-8-10-26(24(31)14-20)37-16(2)3/h7-10,13-18,21H,6,11-12H2,1-5H3,(H,32,34)(H,35,36). The van der Waals surface area contributed by atoms with E-state index in [4.69, 9.17) is 32.5 Å². The van der Waals surface area contributed by atoms with Crippen LogP contribution in [0.2, 0.25) is 10.0 Å². The third-order valence-electron chi connectivity index (χ3n) is 6.40. The summed E-state index contributed by atoms with van der Waals surface area (Å²) < 4.78 is 11.0. The van der Waals surface area contributed by atoms with Crippen LogP contribution in [-0.2, 0) is 11.2 Å². The van der Waals surface area contributed by atoms with Crippen LogP contribution >= 0.6 is 23.2 Å². The number of nitrogens with one attached hydrogen (secondary N) is 1. The lowest BCUT2D eigenvalue weighted by Gasteiger charge is -2.22. The van der Waals surface area contributed by atoms with Gasteiger partial charge in [0, 0.05) is 17.3 Å². The number of halogens is 2. The number of aromatic nitrogens is 1. The van der Waals surface area contributed by atoms with Crippen LogP contribution in [0.15, 0.2) is 47.0 Å². The van der Waals surface area contributed by atoms with Crippen molar-refractivity contribution in [1.29, 1.82) is 0 Å². The highest BCUT2D eigenvalue weighted by atomic mass is 35.5. The molecule has 0 saturated heterocycles. The minimum absolute atomic E-state index is 0.0214. The molecule has 0 aliphatic carbocycles. The zero-order chi connectivity index (χ0) is 28.0. The Morgan fingerprint density at radius 3 is 2.39 bits per heavy atom. The number of aliphatic carboxylic acids is 1. The Labute approximate surface area is 233 Å². The molecule has 1 aromatic heterocycles. The maximum atomic E-state index is 12.7. The number of amides is 1. The van der Waals surface area contributed by atoms with E-state index in [9.17, 15) is 14.7 Å². The molecular formula is C29H34Cl2N2O5. The molecule has 204 valence electrons. The highest BCUT2D eigenvalue weighted by Gasteiger charge is 2.24. The third kappa shape index (κ3) is 7.74. The number of hydrogen-bond donors (Lipinski definition) is 2. The van der Waals surface area contributed by atoms with Crippen LogP contribution in [0.3, 0.4) is 0 Å². The van der Waals surface area contributed by atoms with Crippen molar-refractivity contribution >= 4 is 40.8 Å². The van der Waals surface area contributed by atoms with Gasteiger partial charge in [0.1, 0.15) is 5.75 Å². The maximum Gasteiger partial charge on any atom is 0.306 e. The van der Waals surface area contributed by atoms with Gasteiger partial charge in [0.25, 0.3) is 5.91 Å². The summed E-state index contributed by atoms with van der Waals surface area (Å²) >= 11 is 12.8. The van der Waals surface area contributed by atoms with Crippen LogP contribution in [0, 0.1) is 17.8 Å². The molecule has 2 N–H and O–H groups in total. The number of rotatable bonds is 12. The number of ether oxygens (including phenoxy) is 1. The Balaban J connectivity index is 1.65. The summed E-state index contributed by atoms with van der Waals surface area (Å²) in [6, 6.07) is 12.2. The van der Waals surface area contributed by atoms with Crippen molar-refractivity contribution in [3.63, 3.8) is 0 Å². The van der Waals surface area contributed by atoms with E-state index >= 15 is 0 Å².